The zero-order valence-corrected chi connectivity index (χ0v) is 8.71. The molecule has 2 N–H and O–H groups in total. The third-order valence-electron chi connectivity index (χ3n) is 2.17. The molecular formula is C11H12O5. The number of ether oxygens (including phenoxy) is 1. The fourth-order valence-corrected chi connectivity index (χ4v) is 1.32. The molecule has 0 aliphatic rings. The van der Waals surface area contributed by atoms with Crippen molar-refractivity contribution in [2.24, 2.45) is 5.92 Å². The van der Waals surface area contributed by atoms with Crippen LogP contribution in [0.4, 0.5) is 0 Å². The number of carboxylic acid groups (broad SMARTS) is 2. The van der Waals surface area contributed by atoms with Crippen LogP contribution in [0, 0.1) is 5.92 Å². The van der Waals surface area contributed by atoms with Crippen molar-refractivity contribution >= 4 is 11.9 Å². The first kappa shape index (κ1) is 12.0. The Balaban J connectivity index is 2.85. The minimum absolute atomic E-state index is 0.0537. The Labute approximate surface area is 92.3 Å². The van der Waals surface area contributed by atoms with Crippen molar-refractivity contribution in [3.8, 4) is 5.75 Å². The molecule has 5 heteroatoms. The van der Waals surface area contributed by atoms with Gasteiger partial charge in [-0.3, -0.25) is 9.59 Å². The third-order valence-corrected chi connectivity index (χ3v) is 2.17. The van der Waals surface area contributed by atoms with Gasteiger partial charge in [-0.1, -0.05) is 12.1 Å². The number of aliphatic carboxylic acids is 2. The van der Waals surface area contributed by atoms with Crippen molar-refractivity contribution in [3.05, 3.63) is 29.8 Å². The van der Waals surface area contributed by atoms with Gasteiger partial charge < -0.3 is 14.9 Å². The van der Waals surface area contributed by atoms with Crippen LogP contribution in [0.3, 0.4) is 0 Å². The third kappa shape index (κ3) is 2.98. The van der Waals surface area contributed by atoms with Gasteiger partial charge in [0.25, 0.3) is 0 Å². The fraction of sp³-hybridized carbons (Fsp3) is 0.273. The second-order valence-electron chi connectivity index (χ2n) is 3.28. The van der Waals surface area contributed by atoms with Crippen molar-refractivity contribution in [1.29, 1.82) is 0 Å². The van der Waals surface area contributed by atoms with E-state index in [9.17, 15) is 9.59 Å². The molecule has 5 nitrogen and oxygen atoms in total. The minimum atomic E-state index is -1.42. The van der Waals surface area contributed by atoms with Crippen LogP contribution in [0.2, 0.25) is 0 Å². The highest BCUT2D eigenvalue weighted by atomic mass is 16.5. The van der Waals surface area contributed by atoms with Crippen LogP contribution in [-0.4, -0.2) is 29.3 Å². The van der Waals surface area contributed by atoms with Crippen LogP contribution in [0.15, 0.2) is 24.3 Å². The monoisotopic (exact) mass is 224 g/mol. The minimum Gasteiger partial charge on any atom is -0.497 e. The zero-order valence-electron chi connectivity index (χ0n) is 8.71. The lowest BCUT2D eigenvalue weighted by Gasteiger charge is -2.08. The number of methoxy groups -OCH3 is 1. The summed E-state index contributed by atoms with van der Waals surface area (Å²) < 4.78 is 4.96. The van der Waals surface area contributed by atoms with Gasteiger partial charge in [-0.25, -0.2) is 0 Å². The fourth-order valence-electron chi connectivity index (χ4n) is 1.32. The van der Waals surface area contributed by atoms with Crippen LogP contribution in [0.1, 0.15) is 5.56 Å². The lowest BCUT2D eigenvalue weighted by atomic mass is 9.99. The quantitative estimate of drug-likeness (QED) is 0.729. The average Bonchev–Trinajstić information content (AvgIpc) is 2.25. The summed E-state index contributed by atoms with van der Waals surface area (Å²) in [5.41, 5.74) is 0.620. The molecule has 0 fully saturated rings. The SMILES string of the molecule is COc1cccc(CC(C(=O)O)C(=O)O)c1. The Morgan fingerprint density at radius 1 is 1.31 bits per heavy atom. The molecule has 0 aromatic heterocycles. The summed E-state index contributed by atoms with van der Waals surface area (Å²) in [4.78, 5) is 21.4. The number of hydrogen-bond donors (Lipinski definition) is 2. The molecule has 0 heterocycles. The Kier molecular flexibility index (Phi) is 3.88. The highest BCUT2D eigenvalue weighted by molar-refractivity contribution is 5.93. The highest BCUT2D eigenvalue weighted by Gasteiger charge is 2.25. The summed E-state index contributed by atoms with van der Waals surface area (Å²) in [5.74, 6) is -3.52. The Morgan fingerprint density at radius 3 is 2.44 bits per heavy atom. The Bertz CT molecular complexity index is 385. The van der Waals surface area contributed by atoms with Gasteiger partial charge in [0.05, 0.1) is 7.11 Å². The van der Waals surface area contributed by atoms with Crippen molar-refractivity contribution in [2.75, 3.05) is 7.11 Å². The van der Waals surface area contributed by atoms with Crippen molar-refractivity contribution in [3.63, 3.8) is 0 Å². The summed E-state index contributed by atoms with van der Waals surface area (Å²) in [7, 11) is 1.49. The van der Waals surface area contributed by atoms with E-state index in [0.29, 0.717) is 11.3 Å². The van der Waals surface area contributed by atoms with Gasteiger partial charge in [-0.15, -0.1) is 0 Å². The maximum atomic E-state index is 10.7. The predicted octanol–water partition coefficient (Wildman–Crippen LogP) is 1.02. The molecule has 0 bridgehead atoms. The molecule has 0 aliphatic carbocycles. The van der Waals surface area contributed by atoms with Crippen LogP contribution in [0.25, 0.3) is 0 Å². The van der Waals surface area contributed by atoms with Crippen LogP contribution in [0.5, 0.6) is 5.75 Å². The maximum absolute atomic E-state index is 10.7. The molecule has 1 rings (SSSR count). The van der Waals surface area contributed by atoms with Gasteiger partial charge in [0.15, 0.2) is 5.92 Å². The number of benzene rings is 1. The second kappa shape index (κ2) is 5.16. The van der Waals surface area contributed by atoms with E-state index < -0.39 is 17.9 Å². The van der Waals surface area contributed by atoms with E-state index in [1.54, 1.807) is 24.3 Å². The Morgan fingerprint density at radius 2 is 1.94 bits per heavy atom. The molecule has 0 radical (unpaired) electrons. The first-order valence-corrected chi connectivity index (χ1v) is 4.63. The summed E-state index contributed by atoms with van der Waals surface area (Å²) in [6, 6.07) is 6.69. The van der Waals surface area contributed by atoms with E-state index >= 15 is 0 Å². The van der Waals surface area contributed by atoms with E-state index in [0.717, 1.165) is 0 Å². The van der Waals surface area contributed by atoms with E-state index in [1.165, 1.54) is 7.11 Å². The predicted molar refractivity (Wildman–Crippen MR) is 55.5 cm³/mol. The number of carboxylic acids is 2. The lowest BCUT2D eigenvalue weighted by molar-refractivity contribution is -0.154. The largest absolute Gasteiger partial charge is 0.497 e. The van der Waals surface area contributed by atoms with Gasteiger partial charge in [0.1, 0.15) is 5.75 Å². The molecule has 0 aliphatic heterocycles. The normalized spacial score (nSPS) is 10.1. The van der Waals surface area contributed by atoms with Gasteiger partial charge >= 0.3 is 11.9 Å². The summed E-state index contributed by atoms with van der Waals surface area (Å²) in [6.07, 6.45) is -0.0537. The van der Waals surface area contributed by atoms with E-state index in [-0.39, 0.29) is 6.42 Å². The molecular weight excluding hydrogens is 212 g/mol. The molecule has 16 heavy (non-hydrogen) atoms. The number of hydrogen-bond acceptors (Lipinski definition) is 3. The van der Waals surface area contributed by atoms with Crippen LogP contribution in [-0.2, 0) is 16.0 Å². The van der Waals surface area contributed by atoms with Gasteiger partial charge in [0, 0.05) is 0 Å². The van der Waals surface area contributed by atoms with Gasteiger partial charge in [-0.05, 0) is 24.1 Å². The first-order valence-electron chi connectivity index (χ1n) is 4.63. The number of carbonyl (C=O) groups is 2. The van der Waals surface area contributed by atoms with Crippen LogP contribution < -0.4 is 4.74 Å². The summed E-state index contributed by atoms with van der Waals surface area (Å²) in [5, 5.41) is 17.4. The summed E-state index contributed by atoms with van der Waals surface area (Å²) in [6.45, 7) is 0. The molecule has 0 unspecified atom stereocenters. The molecule has 0 amide bonds. The topological polar surface area (TPSA) is 83.8 Å². The van der Waals surface area contributed by atoms with Crippen molar-refractivity contribution in [1.82, 2.24) is 0 Å². The second-order valence-corrected chi connectivity index (χ2v) is 3.28. The first-order chi connectivity index (χ1) is 7.54. The van der Waals surface area contributed by atoms with Gasteiger partial charge in [-0.2, -0.15) is 0 Å². The van der Waals surface area contributed by atoms with Gasteiger partial charge in [0.2, 0.25) is 0 Å². The molecule has 1 aromatic rings. The smallest absolute Gasteiger partial charge is 0.318 e. The van der Waals surface area contributed by atoms with E-state index in [4.69, 9.17) is 14.9 Å². The van der Waals surface area contributed by atoms with Crippen molar-refractivity contribution in [2.45, 2.75) is 6.42 Å². The molecule has 0 spiro atoms. The molecule has 0 saturated heterocycles. The standard InChI is InChI=1S/C11H12O5/c1-16-8-4-2-3-7(5-8)6-9(10(12)13)11(14)15/h2-5,9H,6H2,1H3,(H,12,13)(H,14,15). The lowest BCUT2D eigenvalue weighted by Crippen LogP contribution is -2.25. The Hall–Kier alpha value is -2.04. The molecule has 1 aromatic carbocycles. The van der Waals surface area contributed by atoms with Crippen LogP contribution >= 0.6 is 0 Å². The number of rotatable bonds is 5. The maximum Gasteiger partial charge on any atom is 0.318 e. The molecule has 86 valence electrons. The zero-order chi connectivity index (χ0) is 12.1. The molecule has 0 saturated carbocycles. The molecule has 0 atom stereocenters. The average molecular weight is 224 g/mol. The van der Waals surface area contributed by atoms with Crippen molar-refractivity contribution < 1.29 is 24.5 Å². The summed E-state index contributed by atoms with van der Waals surface area (Å²) >= 11 is 0. The van der Waals surface area contributed by atoms with E-state index in [2.05, 4.69) is 0 Å². The highest BCUT2D eigenvalue weighted by Crippen LogP contribution is 2.16. The van der Waals surface area contributed by atoms with E-state index in [1.807, 2.05) is 0 Å².